The van der Waals surface area contributed by atoms with Crippen LogP contribution >= 0.6 is 27.5 Å². The lowest BCUT2D eigenvalue weighted by atomic mass is 9.97. The predicted octanol–water partition coefficient (Wildman–Crippen LogP) is 6.25. The van der Waals surface area contributed by atoms with Crippen molar-refractivity contribution in [2.24, 2.45) is 5.10 Å². The van der Waals surface area contributed by atoms with Crippen LogP contribution in [0.5, 0.6) is 5.75 Å². The second-order valence-electron chi connectivity index (χ2n) is 6.73. The molecule has 2 atom stereocenters. The van der Waals surface area contributed by atoms with Crippen LogP contribution in [-0.2, 0) is 0 Å². The number of hydrogen-bond acceptors (Lipinski definition) is 4. The molecular weight excluding hydrogens is 428 g/mol. The van der Waals surface area contributed by atoms with E-state index in [9.17, 15) is 0 Å². The molecule has 0 saturated carbocycles. The Morgan fingerprint density at radius 3 is 2.74 bits per heavy atom. The molecule has 2 unspecified atom stereocenters. The molecule has 0 bridgehead atoms. The summed E-state index contributed by atoms with van der Waals surface area (Å²) in [6, 6.07) is 17.8. The van der Waals surface area contributed by atoms with Crippen LogP contribution in [0.25, 0.3) is 0 Å². The van der Waals surface area contributed by atoms with Crippen molar-refractivity contribution in [2.75, 3.05) is 0 Å². The first-order valence-corrected chi connectivity index (χ1v) is 9.90. The summed E-state index contributed by atoms with van der Waals surface area (Å²) in [5.41, 5.74) is 2.93. The lowest BCUT2D eigenvalue weighted by Gasteiger charge is -2.38. The molecule has 2 aliphatic rings. The summed E-state index contributed by atoms with van der Waals surface area (Å²) in [5.74, 6) is 2.53. The van der Waals surface area contributed by atoms with Gasteiger partial charge in [-0.15, -0.1) is 0 Å². The van der Waals surface area contributed by atoms with Crippen LogP contribution in [0, 0.1) is 6.92 Å². The SMILES string of the molecule is Cc1ccc(C2=NN3C(C2)c2cc(Br)ccc2OC3c2ccccc2Cl)o1. The van der Waals surface area contributed by atoms with E-state index in [4.69, 9.17) is 25.9 Å². The van der Waals surface area contributed by atoms with E-state index >= 15 is 0 Å². The van der Waals surface area contributed by atoms with Crippen LogP contribution in [0.15, 0.2) is 68.6 Å². The van der Waals surface area contributed by atoms with Gasteiger partial charge in [0.05, 0.1) is 6.04 Å². The Labute approximate surface area is 170 Å². The average molecular weight is 444 g/mol. The number of nitrogens with zero attached hydrogens (tertiary/aromatic N) is 2. The van der Waals surface area contributed by atoms with E-state index < -0.39 is 0 Å². The topological polar surface area (TPSA) is 38.0 Å². The Kier molecular flexibility index (Phi) is 4.02. The van der Waals surface area contributed by atoms with Gasteiger partial charge in [-0.2, -0.15) is 5.10 Å². The van der Waals surface area contributed by atoms with Crippen LogP contribution in [0.2, 0.25) is 5.02 Å². The summed E-state index contributed by atoms with van der Waals surface area (Å²) in [4.78, 5) is 0. The molecule has 2 aliphatic heterocycles. The van der Waals surface area contributed by atoms with Crippen molar-refractivity contribution in [1.29, 1.82) is 0 Å². The number of hydrogen-bond donors (Lipinski definition) is 0. The standard InChI is InChI=1S/C21H16BrClN2O2/c1-12-6-8-20(26-12)17-11-18-15-10-13(22)7-9-19(15)27-21(25(18)24-17)14-4-2-3-5-16(14)23/h2-10,18,21H,11H2,1H3. The molecule has 0 N–H and O–H groups in total. The number of aryl methyl sites for hydroxylation is 1. The zero-order valence-electron chi connectivity index (χ0n) is 14.5. The fraction of sp³-hybridized carbons (Fsp3) is 0.190. The first kappa shape index (κ1) is 16.9. The van der Waals surface area contributed by atoms with Gasteiger partial charge in [0.25, 0.3) is 0 Å². The number of benzene rings is 2. The number of ether oxygens (including phenoxy) is 1. The summed E-state index contributed by atoms with van der Waals surface area (Å²) in [7, 11) is 0. The molecule has 0 radical (unpaired) electrons. The predicted molar refractivity (Wildman–Crippen MR) is 108 cm³/mol. The highest BCUT2D eigenvalue weighted by Crippen LogP contribution is 2.49. The van der Waals surface area contributed by atoms with Crippen LogP contribution in [0.1, 0.15) is 41.3 Å². The van der Waals surface area contributed by atoms with Crippen molar-refractivity contribution in [3.8, 4) is 5.75 Å². The first-order valence-electron chi connectivity index (χ1n) is 8.73. The monoisotopic (exact) mass is 442 g/mol. The summed E-state index contributed by atoms with van der Waals surface area (Å²) < 4.78 is 13.2. The summed E-state index contributed by atoms with van der Waals surface area (Å²) in [5, 5.41) is 7.55. The fourth-order valence-electron chi connectivity index (χ4n) is 3.68. The van der Waals surface area contributed by atoms with Gasteiger partial charge in [0.15, 0.2) is 0 Å². The lowest BCUT2D eigenvalue weighted by Crippen LogP contribution is -2.33. The molecular formula is C21H16BrClN2O2. The Balaban J connectivity index is 1.63. The largest absolute Gasteiger partial charge is 0.464 e. The maximum Gasteiger partial charge on any atom is 0.215 e. The number of furan rings is 1. The van der Waals surface area contributed by atoms with E-state index in [1.165, 1.54) is 0 Å². The molecule has 0 amide bonds. The molecule has 27 heavy (non-hydrogen) atoms. The van der Waals surface area contributed by atoms with Crippen molar-refractivity contribution in [1.82, 2.24) is 5.01 Å². The van der Waals surface area contributed by atoms with Crippen LogP contribution in [0.4, 0.5) is 0 Å². The van der Waals surface area contributed by atoms with Gasteiger partial charge < -0.3 is 9.15 Å². The van der Waals surface area contributed by atoms with Gasteiger partial charge in [-0.1, -0.05) is 45.7 Å². The lowest BCUT2D eigenvalue weighted by molar-refractivity contribution is -0.0190. The molecule has 0 fully saturated rings. The maximum atomic E-state index is 6.48. The molecule has 3 heterocycles. The molecule has 2 aromatic carbocycles. The van der Waals surface area contributed by atoms with E-state index in [1.807, 2.05) is 60.5 Å². The zero-order chi connectivity index (χ0) is 18.5. The summed E-state index contributed by atoms with van der Waals surface area (Å²) in [6.07, 6.45) is 0.367. The van der Waals surface area contributed by atoms with Gasteiger partial charge in [0.2, 0.25) is 6.23 Å². The molecule has 0 spiro atoms. The smallest absolute Gasteiger partial charge is 0.215 e. The quantitative estimate of drug-likeness (QED) is 0.470. The Hall–Kier alpha value is -2.24. The van der Waals surface area contributed by atoms with Gasteiger partial charge in [0, 0.05) is 27.0 Å². The average Bonchev–Trinajstić information content (AvgIpc) is 3.28. The number of fused-ring (bicyclic) bond motifs is 3. The highest BCUT2D eigenvalue weighted by molar-refractivity contribution is 9.10. The van der Waals surface area contributed by atoms with E-state index in [1.54, 1.807) is 0 Å². The van der Waals surface area contributed by atoms with Crippen molar-refractivity contribution in [3.63, 3.8) is 0 Å². The van der Waals surface area contributed by atoms with Crippen LogP contribution < -0.4 is 4.74 Å². The van der Waals surface area contributed by atoms with Gasteiger partial charge in [-0.25, -0.2) is 5.01 Å². The van der Waals surface area contributed by atoms with Crippen LogP contribution in [0.3, 0.4) is 0 Å². The third kappa shape index (κ3) is 2.86. The normalized spacial score (nSPS) is 20.7. The fourth-order valence-corrected chi connectivity index (χ4v) is 4.28. The molecule has 5 rings (SSSR count). The molecule has 1 aromatic heterocycles. The minimum absolute atomic E-state index is 0.0629. The van der Waals surface area contributed by atoms with E-state index in [2.05, 4.69) is 22.0 Å². The molecule has 136 valence electrons. The Morgan fingerprint density at radius 1 is 1.11 bits per heavy atom. The number of halogens is 2. The summed E-state index contributed by atoms with van der Waals surface area (Å²) >= 11 is 10.0. The van der Waals surface area contributed by atoms with Crippen molar-refractivity contribution >= 4 is 33.2 Å². The molecule has 4 nitrogen and oxygen atoms in total. The zero-order valence-corrected chi connectivity index (χ0v) is 16.9. The third-order valence-corrected chi connectivity index (χ3v) is 5.79. The highest BCUT2D eigenvalue weighted by atomic mass is 79.9. The number of hydrazone groups is 1. The van der Waals surface area contributed by atoms with Gasteiger partial charge >= 0.3 is 0 Å². The molecule has 3 aromatic rings. The maximum absolute atomic E-state index is 6.48. The summed E-state index contributed by atoms with van der Waals surface area (Å²) in [6.45, 7) is 1.94. The minimum atomic E-state index is -0.383. The van der Waals surface area contributed by atoms with Crippen molar-refractivity contribution in [3.05, 3.63) is 86.7 Å². The Bertz CT molecular complexity index is 1060. The Morgan fingerprint density at radius 2 is 1.96 bits per heavy atom. The van der Waals surface area contributed by atoms with E-state index in [0.29, 0.717) is 5.02 Å². The highest BCUT2D eigenvalue weighted by Gasteiger charge is 2.42. The van der Waals surface area contributed by atoms with Crippen molar-refractivity contribution < 1.29 is 9.15 Å². The van der Waals surface area contributed by atoms with Gasteiger partial charge in [-0.3, -0.25) is 0 Å². The van der Waals surface area contributed by atoms with Crippen LogP contribution in [-0.4, -0.2) is 10.7 Å². The first-order chi connectivity index (χ1) is 13.1. The molecule has 0 saturated heterocycles. The molecule has 6 heteroatoms. The van der Waals surface area contributed by atoms with Gasteiger partial charge in [-0.05, 0) is 43.3 Å². The number of rotatable bonds is 2. The van der Waals surface area contributed by atoms with E-state index in [-0.39, 0.29) is 12.3 Å². The van der Waals surface area contributed by atoms with E-state index in [0.717, 1.165) is 45.0 Å². The van der Waals surface area contributed by atoms with Crippen molar-refractivity contribution in [2.45, 2.75) is 25.6 Å². The third-order valence-electron chi connectivity index (χ3n) is 4.95. The minimum Gasteiger partial charge on any atom is -0.464 e. The second kappa shape index (κ2) is 6.43. The second-order valence-corrected chi connectivity index (χ2v) is 8.05. The van der Waals surface area contributed by atoms with Gasteiger partial charge in [0.1, 0.15) is 23.0 Å². The molecule has 0 aliphatic carbocycles.